The number of rotatable bonds is 3. The van der Waals surface area contributed by atoms with Crippen LogP contribution in [0.25, 0.3) is 11.1 Å². The third-order valence-electron chi connectivity index (χ3n) is 7.37. The van der Waals surface area contributed by atoms with Gasteiger partial charge in [0.2, 0.25) is 0 Å². The van der Waals surface area contributed by atoms with Crippen molar-refractivity contribution in [3.05, 3.63) is 95.1 Å². The van der Waals surface area contributed by atoms with Gasteiger partial charge in [0, 0.05) is 43.0 Å². The normalized spacial score (nSPS) is 23.2. The first-order valence-corrected chi connectivity index (χ1v) is 11.1. The van der Waals surface area contributed by atoms with E-state index in [-0.39, 0.29) is 18.0 Å². The highest BCUT2D eigenvalue weighted by atomic mass is 16.4. The average Bonchev–Trinajstić information content (AvgIpc) is 3.21. The summed E-state index contributed by atoms with van der Waals surface area (Å²) in [7, 11) is 4.25. The number of carbonyl (C=O) groups is 1. The lowest BCUT2D eigenvalue weighted by atomic mass is 9.77. The van der Waals surface area contributed by atoms with Gasteiger partial charge in [-0.25, -0.2) is 4.79 Å². The van der Waals surface area contributed by atoms with Crippen LogP contribution in [0.15, 0.2) is 72.8 Å². The molecule has 5 rings (SSSR count). The molecule has 0 fully saturated rings. The molecule has 162 valence electrons. The van der Waals surface area contributed by atoms with Gasteiger partial charge in [-0.2, -0.15) is 0 Å². The third kappa shape index (κ3) is 2.86. The smallest absolute Gasteiger partial charge is 0.336 e. The van der Waals surface area contributed by atoms with Crippen molar-refractivity contribution in [3.63, 3.8) is 0 Å². The molecule has 0 bridgehead atoms. The van der Waals surface area contributed by atoms with Crippen LogP contribution in [-0.2, 0) is 0 Å². The van der Waals surface area contributed by atoms with Crippen LogP contribution in [0.4, 0.5) is 11.4 Å². The van der Waals surface area contributed by atoms with Crippen LogP contribution in [0.1, 0.15) is 46.8 Å². The Labute approximate surface area is 189 Å². The Kier molecular flexibility index (Phi) is 4.81. The summed E-state index contributed by atoms with van der Waals surface area (Å²) >= 11 is 0. The summed E-state index contributed by atoms with van der Waals surface area (Å²) in [5.41, 5.74) is 8.36. The molecule has 3 unspecified atom stereocenters. The molecular formula is C28H28N2O2. The minimum absolute atomic E-state index is 0.0636. The van der Waals surface area contributed by atoms with Crippen molar-refractivity contribution < 1.29 is 9.90 Å². The van der Waals surface area contributed by atoms with Gasteiger partial charge >= 0.3 is 5.97 Å². The van der Waals surface area contributed by atoms with Gasteiger partial charge in [-0.1, -0.05) is 54.6 Å². The molecule has 0 aliphatic carbocycles. The maximum Gasteiger partial charge on any atom is 0.336 e. The van der Waals surface area contributed by atoms with E-state index in [9.17, 15) is 9.90 Å². The first-order chi connectivity index (χ1) is 15.4. The van der Waals surface area contributed by atoms with Crippen LogP contribution >= 0.6 is 0 Å². The molecule has 3 aromatic rings. The lowest BCUT2D eigenvalue weighted by Crippen LogP contribution is -2.30. The molecule has 2 heterocycles. The fourth-order valence-electron chi connectivity index (χ4n) is 5.56. The molecule has 4 heteroatoms. The van der Waals surface area contributed by atoms with E-state index in [2.05, 4.69) is 86.3 Å². The second kappa shape index (κ2) is 7.56. The molecule has 3 atom stereocenters. The first-order valence-electron chi connectivity index (χ1n) is 11.1. The van der Waals surface area contributed by atoms with E-state index >= 15 is 0 Å². The van der Waals surface area contributed by atoms with Crippen molar-refractivity contribution in [2.24, 2.45) is 0 Å². The summed E-state index contributed by atoms with van der Waals surface area (Å²) in [4.78, 5) is 16.9. The number of anilines is 2. The van der Waals surface area contributed by atoms with Crippen molar-refractivity contribution in [3.8, 4) is 0 Å². The number of likely N-dealkylation sites (N-methyl/N-ethyl adjacent to an activating group) is 2. The van der Waals surface area contributed by atoms with E-state index in [1.165, 1.54) is 28.1 Å². The van der Waals surface area contributed by atoms with Gasteiger partial charge in [-0.3, -0.25) is 0 Å². The number of fused-ring (bicyclic) bond motifs is 2. The SMILES string of the molecule is CC1/C(=C(/c2ccccc2C(=O)O)C2c3ccccc3N(C)C2C)c2ccccc2N1C. The predicted molar refractivity (Wildman–Crippen MR) is 132 cm³/mol. The fourth-order valence-corrected chi connectivity index (χ4v) is 5.56. The third-order valence-corrected chi connectivity index (χ3v) is 7.37. The highest BCUT2D eigenvalue weighted by Crippen LogP contribution is 2.53. The molecular weight excluding hydrogens is 396 g/mol. The maximum absolute atomic E-state index is 12.3. The molecule has 0 saturated carbocycles. The number of benzene rings is 3. The lowest BCUT2D eigenvalue weighted by Gasteiger charge is -2.29. The number of carboxylic acids is 1. The van der Waals surface area contributed by atoms with Crippen LogP contribution in [-0.4, -0.2) is 37.3 Å². The van der Waals surface area contributed by atoms with Gasteiger partial charge in [0.15, 0.2) is 0 Å². The molecule has 4 nitrogen and oxygen atoms in total. The van der Waals surface area contributed by atoms with Crippen LogP contribution in [0.3, 0.4) is 0 Å². The van der Waals surface area contributed by atoms with Crippen molar-refractivity contribution in [2.75, 3.05) is 23.9 Å². The van der Waals surface area contributed by atoms with Crippen LogP contribution in [0, 0.1) is 0 Å². The van der Waals surface area contributed by atoms with Gasteiger partial charge in [0.25, 0.3) is 0 Å². The second-order valence-corrected chi connectivity index (χ2v) is 8.87. The monoisotopic (exact) mass is 424 g/mol. The Hall–Kier alpha value is -3.53. The zero-order chi connectivity index (χ0) is 22.6. The van der Waals surface area contributed by atoms with E-state index in [1.54, 1.807) is 6.07 Å². The van der Waals surface area contributed by atoms with Gasteiger partial charge in [0.05, 0.1) is 11.6 Å². The first kappa shape index (κ1) is 20.4. The number of para-hydroxylation sites is 2. The van der Waals surface area contributed by atoms with Crippen LogP contribution < -0.4 is 9.80 Å². The highest BCUT2D eigenvalue weighted by Gasteiger charge is 2.41. The second-order valence-electron chi connectivity index (χ2n) is 8.87. The fraction of sp³-hybridized carbons (Fsp3) is 0.250. The molecule has 0 radical (unpaired) electrons. The predicted octanol–water partition coefficient (Wildman–Crippen LogP) is 5.76. The molecule has 2 aliphatic heterocycles. The molecule has 0 amide bonds. The topological polar surface area (TPSA) is 43.8 Å². The summed E-state index contributed by atoms with van der Waals surface area (Å²) in [6.45, 7) is 4.46. The van der Waals surface area contributed by atoms with E-state index in [1.807, 2.05) is 18.2 Å². The summed E-state index contributed by atoms with van der Waals surface area (Å²) in [5, 5.41) is 10.1. The highest BCUT2D eigenvalue weighted by molar-refractivity contribution is 6.07. The summed E-state index contributed by atoms with van der Waals surface area (Å²) in [6, 6.07) is 24.8. The van der Waals surface area contributed by atoms with Crippen LogP contribution in [0.5, 0.6) is 0 Å². The number of hydrogen-bond donors (Lipinski definition) is 1. The Balaban J connectivity index is 1.89. The van der Waals surface area contributed by atoms with Gasteiger partial charge < -0.3 is 14.9 Å². The van der Waals surface area contributed by atoms with Crippen molar-refractivity contribution in [2.45, 2.75) is 31.8 Å². The Morgan fingerprint density at radius 1 is 0.781 bits per heavy atom. The summed E-state index contributed by atoms with van der Waals surface area (Å²) in [6.07, 6.45) is 0. The van der Waals surface area contributed by atoms with E-state index in [0.29, 0.717) is 5.56 Å². The van der Waals surface area contributed by atoms with E-state index in [4.69, 9.17) is 0 Å². The van der Waals surface area contributed by atoms with Gasteiger partial charge in [0.1, 0.15) is 0 Å². The molecule has 1 N–H and O–H groups in total. The van der Waals surface area contributed by atoms with Crippen molar-refractivity contribution in [1.29, 1.82) is 0 Å². The minimum Gasteiger partial charge on any atom is -0.478 e. The maximum atomic E-state index is 12.3. The lowest BCUT2D eigenvalue weighted by molar-refractivity contribution is 0.0696. The van der Waals surface area contributed by atoms with Crippen molar-refractivity contribution >= 4 is 28.5 Å². The Morgan fingerprint density at radius 3 is 2.09 bits per heavy atom. The number of aromatic carboxylic acids is 1. The van der Waals surface area contributed by atoms with Crippen molar-refractivity contribution in [1.82, 2.24) is 0 Å². The molecule has 0 spiro atoms. The average molecular weight is 425 g/mol. The Bertz CT molecular complexity index is 1250. The molecule has 0 aromatic heterocycles. The van der Waals surface area contributed by atoms with E-state index < -0.39 is 5.97 Å². The molecule has 32 heavy (non-hydrogen) atoms. The Morgan fingerprint density at radius 2 is 1.38 bits per heavy atom. The quantitative estimate of drug-likeness (QED) is 0.581. The largest absolute Gasteiger partial charge is 0.478 e. The standard InChI is InChI=1S/C28H28N2O2/c1-17-25(21-13-7-9-15-23(21)29(17)3)27(19-11-5-6-12-20(19)28(31)32)26-18(2)30(4)24-16-10-8-14-22(24)26/h5-18,25H,1-4H3,(H,31,32)/b27-26+. The minimum atomic E-state index is -0.890. The number of nitrogens with zero attached hydrogens (tertiary/aromatic N) is 2. The summed E-state index contributed by atoms with van der Waals surface area (Å²) in [5.74, 6) is -0.827. The zero-order valence-electron chi connectivity index (χ0n) is 18.9. The molecule has 0 saturated heterocycles. The zero-order valence-corrected chi connectivity index (χ0v) is 18.9. The van der Waals surface area contributed by atoms with Gasteiger partial charge in [-0.05, 0) is 54.3 Å². The van der Waals surface area contributed by atoms with E-state index in [0.717, 1.165) is 11.1 Å². The molecule has 2 aliphatic rings. The number of hydrogen-bond acceptors (Lipinski definition) is 3. The number of carboxylic acid groups (broad SMARTS) is 1. The summed E-state index contributed by atoms with van der Waals surface area (Å²) < 4.78 is 0. The van der Waals surface area contributed by atoms with Crippen LogP contribution in [0.2, 0.25) is 0 Å². The molecule has 3 aromatic carbocycles. The van der Waals surface area contributed by atoms with Gasteiger partial charge in [-0.15, -0.1) is 0 Å².